The lowest BCUT2D eigenvalue weighted by atomic mass is 9.67. The lowest BCUT2D eigenvalue weighted by Gasteiger charge is -2.44. The summed E-state index contributed by atoms with van der Waals surface area (Å²) in [6, 6.07) is 16.6. The highest BCUT2D eigenvalue weighted by molar-refractivity contribution is 5.70. The number of anilines is 2. The van der Waals surface area contributed by atoms with Gasteiger partial charge in [-0.25, -0.2) is 0 Å². The second-order valence-electron chi connectivity index (χ2n) is 8.41. The van der Waals surface area contributed by atoms with E-state index in [4.69, 9.17) is 0 Å². The molecule has 0 bridgehead atoms. The second kappa shape index (κ2) is 6.74. The maximum atomic E-state index is 3.84. The van der Waals surface area contributed by atoms with Crippen LogP contribution in [-0.2, 0) is 5.41 Å². The molecule has 2 heteroatoms. The van der Waals surface area contributed by atoms with Crippen LogP contribution in [0.25, 0.3) is 0 Å². The molecule has 0 amide bonds. The van der Waals surface area contributed by atoms with E-state index in [9.17, 15) is 0 Å². The smallest absolute Gasteiger partial charge is 0.0415 e. The highest BCUT2D eigenvalue weighted by Crippen LogP contribution is 2.47. The van der Waals surface area contributed by atoms with Gasteiger partial charge >= 0.3 is 0 Å². The van der Waals surface area contributed by atoms with Crippen LogP contribution in [0, 0.1) is 12.8 Å². The Balaban J connectivity index is 2.18. The van der Waals surface area contributed by atoms with Gasteiger partial charge in [-0.3, -0.25) is 0 Å². The molecule has 0 spiro atoms. The Morgan fingerprint density at radius 3 is 2.36 bits per heavy atom. The first-order chi connectivity index (χ1) is 11.8. The molecule has 2 nitrogen and oxygen atoms in total. The van der Waals surface area contributed by atoms with Crippen molar-refractivity contribution in [2.45, 2.75) is 65.5 Å². The SMILES string of the molecule is Cc1cc(NC(C)C)cc2c1NC(C(C)C)CC2(C)c1ccccc1. The van der Waals surface area contributed by atoms with E-state index in [1.54, 1.807) is 0 Å². The van der Waals surface area contributed by atoms with Gasteiger partial charge in [-0.1, -0.05) is 51.1 Å². The summed E-state index contributed by atoms with van der Waals surface area (Å²) in [4.78, 5) is 0. The molecule has 134 valence electrons. The first-order valence-electron chi connectivity index (χ1n) is 9.55. The van der Waals surface area contributed by atoms with Gasteiger partial charge in [0.05, 0.1) is 0 Å². The topological polar surface area (TPSA) is 24.1 Å². The third kappa shape index (κ3) is 3.40. The van der Waals surface area contributed by atoms with Gasteiger partial charge < -0.3 is 10.6 Å². The van der Waals surface area contributed by atoms with Crippen molar-refractivity contribution in [2.75, 3.05) is 10.6 Å². The Morgan fingerprint density at radius 1 is 1.08 bits per heavy atom. The quantitative estimate of drug-likeness (QED) is 0.719. The molecule has 0 saturated heterocycles. The van der Waals surface area contributed by atoms with Crippen LogP contribution in [-0.4, -0.2) is 12.1 Å². The molecule has 1 aliphatic heterocycles. The predicted molar refractivity (Wildman–Crippen MR) is 110 cm³/mol. The Bertz CT molecular complexity index is 733. The summed E-state index contributed by atoms with van der Waals surface area (Å²) in [5.74, 6) is 0.601. The predicted octanol–water partition coefficient (Wildman–Crippen LogP) is 5.96. The molecule has 2 atom stereocenters. The molecule has 2 N–H and O–H groups in total. The van der Waals surface area contributed by atoms with Crippen molar-refractivity contribution >= 4 is 11.4 Å². The number of aryl methyl sites for hydroxylation is 1. The van der Waals surface area contributed by atoms with E-state index in [1.807, 2.05) is 0 Å². The summed E-state index contributed by atoms with van der Waals surface area (Å²) in [7, 11) is 0. The van der Waals surface area contributed by atoms with Crippen LogP contribution in [0.4, 0.5) is 11.4 Å². The number of fused-ring (bicyclic) bond motifs is 1. The summed E-state index contributed by atoms with van der Waals surface area (Å²) >= 11 is 0. The Labute approximate surface area is 153 Å². The van der Waals surface area contributed by atoms with Crippen molar-refractivity contribution in [3.8, 4) is 0 Å². The van der Waals surface area contributed by atoms with Crippen molar-refractivity contribution in [1.29, 1.82) is 0 Å². The third-order valence-corrected chi connectivity index (χ3v) is 5.56. The van der Waals surface area contributed by atoms with Crippen molar-refractivity contribution < 1.29 is 0 Å². The molecule has 0 radical (unpaired) electrons. The summed E-state index contributed by atoms with van der Waals surface area (Å²) in [6.45, 7) is 13.7. The number of hydrogen-bond acceptors (Lipinski definition) is 2. The highest BCUT2D eigenvalue weighted by Gasteiger charge is 2.39. The minimum atomic E-state index is 0.0240. The molecule has 2 aromatic carbocycles. The molecule has 0 aromatic heterocycles. The monoisotopic (exact) mass is 336 g/mol. The fourth-order valence-electron chi connectivity index (χ4n) is 4.10. The average molecular weight is 337 g/mol. The molecule has 0 aliphatic carbocycles. The zero-order chi connectivity index (χ0) is 18.2. The van der Waals surface area contributed by atoms with Crippen LogP contribution >= 0.6 is 0 Å². The van der Waals surface area contributed by atoms with Gasteiger partial charge in [-0.05, 0) is 61.9 Å². The highest BCUT2D eigenvalue weighted by atomic mass is 15.0. The zero-order valence-electron chi connectivity index (χ0n) is 16.5. The van der Waals surface area contributed by atoms with Gasteiger partial charge in [0.15, 0.2) is 0 Å². The number of benzene rings is 2. The maximum absolute atomic E-state index is 3.84. The molecule has 2 aromatic rings. The van der Waals surface area contributed by atoms with Crippen LogP contribution in [0.3, 0.4) is 0 Å². The third-order valence-electron chi connectivity index (χ3n) is 5.56. The summed E-state index contributed by atoms with van der Waals surface area (Å²) in [6.07, 6.45) is 1.12. The normalized spacial score (nSPS) is 22.6. The lowest BCUT2D eigenvalue weighted by molar-refractivity contribution is 0.386. The number of hydrogen-bond donors (Lipinski definition) is 2. The van der Waals surface area contributed by atoms with Gasteiger partial charge in [-0.15, -0.1) is 0 Å². The maximum Gasteiger partial charge on any atom is 0.0415 e. The summed E-state index contributed by atoms with van der Waals surface area (Å²) in [5.41, 5.74) is 6.72. The van der Waals surface area contributed by atoms with Crippen LogP contribution < -0.4 is 10.6 Å². The molecule has 1 aliphatic rings. The standard InChI is InChI=1S/C23H32N2/c1-15(2)21-14-23(6,18-10-8-7-9-11-18)20-13-19(24-16(3)4)12-17(5)22(20)25-21/h7-13,15-16,21,24-25H,14H2,1-6H3. The molecule has 25 heavy (non-hydrogen) atoms. The van der Waals surface area contributed by atoms with Gasteiger partial charge in [0.25, 0.3) is 0 Å². The largest absolute Gasteiger partial charge is 0.383 e. The van der Waals surface area contributed by atoms with Crippen molar-refractivity contribution in [1.82, 2.24) is 0 Å². The lowest BCUT2D eigenvalue weighted by Crippen LogP contribution is -2.41. The fourth-order valence-corrected chi connectivity index (χ4v) is 4.10. The van der Waals surface area contributed by atoms with E-state index >= 15 is 0 Å². The average Bonchev–Trinajstić information content (AvgIpc) is 2.56. The number of nitrogens with one attached hydrogen (secondary N) is 2. The van der Waals surface area contributed by atoms with E-state index in [0.717, 1.165) is 6.42 Å². The Morgan fingerprint density at radius 2 is 1.76 bits per heavy atom. The van der Waals surface area contributed by atoms with Crippen molar-refractivity contribution in [2.24, 2.45) is 5.92 Å². The molecule has 0 saturated carbocycles. The molecular weight excluding hydrogens is 304 g/mol. The fraction of sp³-hybridized carbons (Fsp3) is 0.478. The van der Waals surface area contributed by atoms with Crippen LogP contribution in [0.15, 0.2) is 42.5 Å². The van der Waals surface area contributed by atoms with Crippen molar-refractivity contribution in [3.05, 3.63) is 59.2 Å². The van der Waals surface area contributed by atoms with E-state index < -0.39 is 0 Å². The van der Waals surface area contributed by atoms with Crippen LogP contribution in [0.1, 0.15) is 57.7 Å². The van der Waals surface area contributed by atoms with E-state index in [2.05, 4.69) is 94.6 Å². The summed E-state index contributed by atoms with van der Waals surface area (Å²) in [5, 5.41) is 7.43. The number of rotatable bonds is 4. The minimum Gasteiger partial charge on any atom is -0.383 e. The van der Waals surface area contributed by atoms with Gasteiger partial charge in [0, 0.05) is 28.9 Å². The van der Waals surface area contributed by atoms with Crippen LogP contribution in [0.5, 0.6) is 0 Å². The molecule has 3 rings (SSSR count). The first-order valence-corrected chi connectivity index (χ1v) is 9.55. The van der Waals surface area contributed by atoms with Crippen LogP contribution in [0.2, 0.25) is 0 Å². The Kier molecular flexibility index (Phi) is 4.81. The van der Waals surface area contributed by atoms with E-state index in [0.29, 0.717) is 18.0 Å². The molecule has 1 heterocycles. The van der Waals surface area contributed by atoms with Crippen molar-refractivity contribution in [3.63, 3.8) is 0 Å². The Hall–Kier alpha value is -1.96. The van der Waals surface area contributed by atoms with E-state index in [1.165, 1.54) is 28.1 Å². The first kappa shape index (κ1) is 17.8. The zero-order valence-corrected chi connectivity index (χ0v) is 16.5. The molecule has 2 unspecified atom stereocenters. The summed E-state index contributed by atoms with van der Waals surface area (Å²) < 4.78 is 0. The second-order valence-corrected chi connectivity index (χ2v) is 8.41. The molecule has 0 fully saturated rings. The van der Waals surface area contributed by atoms with Gasteiger partial charge in [0.2, 0.25) is 0 Å². The van der Waals surface area contributed by atoms with E-state index in [-0.39, 0.29) is 5.41 Å². The van der Waals surface area contributed by atoms with Gasteiger partial charge in [-0.2, -0.15) is 0 Å². The van der Waals surface area contributed by atoms with Gasteiger partial charge in [0.1, 0.15) is 0 Å². The molecular formula is C23H32N2. The minimum absolute atomic E-state index is 0.0240.